The van der Waals surface area contributed by atoms with Crippen LogP contribution in [0.2, 0.25) is 10.0 Å². The van der Waals surface area contributed by atoms with Crippen LogP contribution >= 0.6 is 34.5 Å². The molecule has 1 saturated heterocycles. The fourth-order valence-electron chi connectivity index (χ4n) is 3.05. The molecular weight excluding hydrogens is 429 g/mol. The zero-order valence-electron chi connectivity index (χ0n) is 14.5. The van der Waals surface area contributed by atoms with Crippen LogP contribution in [0.25, 0.3) is 10.2 Å². The van der Waals surface area contributed by atoms with Gasteiger partial charge in [0.2, 0.25) is 10.0 Å². The topological polar surface area (TPSA) is 71.7 Å². The van der Waals surface area contributed by atoms with Crippen molar-refractivity contribution >= 4 is 60.7 Å². The molecule has 0 N–H and O–H groups in total. The van der Waals surface area contributed by atoms with Gasteiger partial charge >= 0.3 is 0 Å². The first kappa shape index (κ1) is 20.4. The molecule has 0 atom stereocenters. The second kappa shape index (κ2) is 7.94. The lowest BCUT2D eigenvalue weighted by Crippen LogP contribution is -2.39. The van der Waals surface area contributed by atoms with Gasteiger partial charge in [-0.25, -0.2) is 12.7 Å². The van der Waals surface area contributed by atoms with Crippen molar-refractivity contribution in [1.82, 2.24) is 8.87 Å². The molecule has 0 saturated carbocycles. The molecule has 0 spiro atoms. The monoisotopic (exact) mass is 445 g/mol. The summed E-state index contributed by atoms with van der Waals surface area (Å²) >= 11 is 13.8. The van der Waals surface area contributed by atoms with Gasteiger partial charge in [-0.1, -0.05) is 40.5 Å². The van der Waals surface area contributed by atoms with E-state index in [-0.39, 0.29) is 18.4 Å². The minimum atomic E-state index is -3.24. The number of hydrogen-bond donors (Lipinski definition) is 0. The predicted molar refractivity (Wildman–Crippen MR) is 108 cm³/mol. The Hall–Kier alpha value is -1.37. The van der Waals surface area contributed by atoms with Crippen molar-refractivity contribution in [3.05, 3.63) is 27.0 Å². The van der Waals surface area contributed by atoms with E-state index >= 15 is 0 Å². The van der Waals surface area contributed by atoms with E-state index in [1.807, 2.05) is 0 Å². The fourth-order valence-corrected chi connectivity index (χ4v) is 5.58. The number of fused-ring (bicyclic) bond motifs is 1. The van der Waals surface area contributed by atoms with Crippen molar-refractivity contribution in [3.63, 3.8) is 0 Å². The molecule has 1 aliphatic rings. The number of thiazole rings is 1. The molecule has 27 heavy (non-hydrogen) atoms. The number of piperidine rings is 1. The number of rotatable bonds is 3. The summed E-state index contributed by atoms with van der Waals surface area (Å²) in [6.45, 7) is 0.844. The van der Waals surface area contributed by atoms with Gasteiger partial charge in [-0.3, -0.25) is 4.79 Å². The van der Waals surface area contributed by atoms with Gasteiger partial charge in [-0.05, 0) is 25.0 Å². The van der Waals surface area contributed by atoms with Crippen molar-refractivity contribution in [2.45, 2.75) is 19.4 Å². The summed E-state index contributed by atoms with van der Waals surface area (Å²) in [6.07, 6.45) is 7.52. The van der Waals surface area contributed by atoms with E-state index in [9.17, 15) is 13.2 Å². The van der Waals surface area contributed by atoms with Crippen molar-refractivity contribution < 1.29 is 13.2 Å². The van der Waals surface area contributed by atoms with Crippen molar-refractivity contribution in [2.75, 3.05) is 19.3 Å². The number of hydrogen-bond acceptors (Lipinski definition) is 4. The van der Waals surface area contributed by atoms with Crippen molar-refractivity contribution in [1.29, 1.82) is 0 Å². The molecule has 1 amide bonds. The largest absolute Gasteiger partial charge is 0.303 e. The smallest absolute Gasteiger partial charge is 0.251 e. The molecule has 0 unspecified atom stereocenters. The van der Waals surface area contributed by atoms with E-state index in [1.165, 1.54) is 21.9 Å². The van der Waals surface area contributed by atoms with Crippen LogP contribution in [0.15, 0.2) is 17.1 Å². The Morgan fingerprint density at radius 2 is 1.96 bits per heavy atom. The minimum Gasteiger partial charge on any atom is -0.303 e. The molecule has 1 aromatic heterocycles. The van der Waals surface area contributed by atoms with Crippen molar-refractivity contribution in [2.24, 2.45) is 10.9 Å². The highest BCUT2D eigenvalue weighted by molar-refractivity contribution is 7.88. The highest BCUT2D eigenvalue weighted by Crippen LogP contribution is 2.32. The molecule has 6 nitrogen and oxygen atoms in total. The summed E-state index contributed by atoms with van der Waals surface area (Å²) in [5.41, 5.74) is 0.658. The highest BCUT2D eigenvalue weighted by Gasteiger charge is 2.29. The van der Waals surface area contributed by atoms with Crippen LogP contribution in [0.4, 0.5) is 0 Å². The lowest BCUT2D eigenvalue weighted by Gasteiger charge is -2.28. The third kappa shape index (κ3) is 4.23. The van der Waals surface area contributed by atoms with Crippen molar-refractivity contribution in [3.8, 4) is 12.3 Å². The van der Waals surface area contributed by atoms with Gasteiger partial charge in [0, 0.05) is 19.0 Å². The van der Waals surface area contributed by atoms with Gasteiger partial charge in [-0.15, -0.1) is 6.42 Å². The predicted octanol–water partition coefficient (Wildman–Crippen LogP) is 2.74. The van der Waals surface area contributed by atoms with Crippen LogP contribution in [-0.2, 0) is 21.4 Å². The van der Waals surface area contributed by atoms with Crippen LogP contribution in [0.1, 0.15) is 12.8 Å². The third-order valence-corrected chi connectivity index (χ3v) is 7.60. The molecule has 1 fully saturated rings. The van der Waals surface area contributed by atoms with E-state index < -0.39 is 10.0 Å². The molecular formula is C17H17Cl2N3O3S2. The van der Waals surface area contributed by atoms with Gasteiger partial charge in [-0.2, -0.15) is 4.99 Å². The molecule has 144 valence electrons. The summed E-state index contributed by atoms with van der Waals surface area (Å²) in [5.74, 6) is 1.94. The summed E-state index contributed by atoms with van der Waals surface area (Å²) in [7, 11) is -3.24. The van der Waals surface area contributed by atoms with E-state index in [1.54, 1.807) is 16.7 Å². The van der Waals surface area contributed by atoms with Crippen LogP contribution in [0, 0.1) is 18.3 Å². The minimum absolute atomic E-state index is 0.207. The second-order valence-electron chi connectivity index (χ2n) is 6.27. The molecule has 0 aliphatic carbocycles. The van der Waals surface area contributed by atoms with Crippen LogP contribution in [0.3, 0.4) is 0 Å². The van der Waals surface area contributed by atoms with Gasteiger partial charge in [0.05, 0.1) is 33.1 Å². The quantitative estimate of drug-likeness (QED) is 0.681. The molecule has 10 heteroatoms. The Balaban J connectivity index is 1.95. The maximum atomic E-state index is 12.7. The number of halogens is 2. The molecule has 2 heterocycles. The lowest BCUT2D eigenvalue weighted by molar-refractivity contribution is -0.122. The first-order chi connectivity index (χ1) is 12.7. The first-order valence-corrected chi connectivity index (χ1v) is 11.6. The fraction of sp³-hybridized carbons (Fsp3) is 0.412. The Kier molecular flexibility index (Phi) is 5.99. The number of carbonyl (C=O) groups is 1. The summed E-state index contributed by atoms with van der Waals surface area (Å²) in [5, 5.41) is 0.997. The normalized spacial score (nSPS) is 17.3. The second-order valence-corrected chi connectivity index (χ2v) is 10.0. The van der Waals surface area contributed by atoms with Gasteiger partial charge in [0.25, 0.3) is 5.91 Å². The maximum Gasteiger partial charge on any atom is 0.251 e. The highest BCUT2D eigenvalue weighted by atomic mass is 35.5. The van der Waals surface area contributed by atoms with E-state index in [0.717, 1.165) is 4.70 Å². The molecule has 0 radical (unpaired) electrons. The Labute approximate surface area is 171 Å². The zero-order valence-corrected chi connectivity index (χ0v) is 17.6. The lowest BCUT2D eigenvalue weighted by atomic mass is 9.98. The summed E-state index contributed by atoms with van der Waals surface area (Å²) in [6, 6.07) is 3.37. The number of benzene rings is 1. The first-order valence-electron chi connectivity index (χ1n) is 8.17. The number of nitrogens with zero attached hydrogens (tertiary/aromatic N) is 3. The summed E-state index contributed by atoms with van der Waals surface area (Å²) < 4.78 is 27.0. The van der Waals surface area contributed by atoms with E-state index in [2.05, 4.69) is 10.9 Å². The van der Waals surface area contributed by atoms with E-state index in [4.69, 9.17) is 29.6 Å². The Bertz CT molecular complexity index is 1100. The van der Waals surface area contributed by atoms with Crippen LogP contribution < -0.4 is 4.80 Å². The number of amides is 1. The molecule has 1 aliphatic heterocycles. The van der Waals surface area contributed by atoms with Gasteiger partial charge in [0.1, 0.15) is 0 Å². The average molecular weight is 446 g/mol. The maximum absolute atomic E-state index is 12.7. The SMILES string of the molecule is C#CCn1c(=NC(=O)C2CCN(S(C)(=O)=O)CC2)sc2c(Cl)ccc(Cl)c21. The van der Waals surface area contributed by atoms with Crippen LogP contribution in [0.5, 0.6) is 0 Å². The number of carbonyl (C=O) groups excluding carboxylic acids is 1. The Morgan fingerprint density at radius 1 is 1.33 bits per heavy atom. The van der Waals surface area contributed by atoms with E-state index in [0.29, 0.717) is 46.3 Å². The standard InChI is InChI=1S/C17H17Cl2N3O3S2/c1-3-8-22-14-12(18)4-5-13(19)15(14)26-17(22)20-16(23)11-6-9-21(10-7-11)27(2,24)25/h1,4-5,11H,6-10H2,2H3. The number of terminal acetylenes is 1. The summed E-state index contributed by atoms with van der Waals surface area (Å²) in [4.78, 5) is 17.4. The molecule has 1 aromatic carbocycles. The Morgan fingerprint density at radius 3 is 2.56 bits per heavy atom. The molecule has 2 aromatic rings. The molecule has 0 bridgehead atoms. The van der Waals surface area contributed by atoms with Crippen LogP contribution in [-0.4, -0.2) is 42.5 Å². The third-order valence-electron chi connectivity index (χ3n) is 4.46. The zero-order chi connectivity index (χ0) is 19.8. The number of sulfonamides is 1. The number of aromatic nitrogens is 1. The van der Waals surface area contributed by atoms with Gasteiger partial charge in [0.15, 0.2) is 4.80 Å². The molecule has 3 rings (SSSR count). The van der Waals surface area contributed by atoms with Gasteiger partial charge < -0.3 is 4.57 Å². The average Bonchev–Trinajstić information content (AvgIpc) is 2.97.